The maximum atomic E-state index is 13.6. The van der Waals surface area contributed by atoms with Gasteiger partial charge in [-0.15, -0.1) is 22.0 Å². The smallest absolute Gasteiger partial charge is 0.481 e. The van der Waals surface area contributed by atoms with Gasteiger partial charge in [-0.1, -0.05) is 111 Å². The van der Waals surface area contributed by atoms with Gasteiger partial charge >= 0.3 is 24.8 Å². The van der Waals surface area contributed by atoms with Crippen molar-refractivity contribution in [1.82, 2.24) is 0 Å². The second kappa shape index (κ2) is 10.4. The van der Waals surface area contributed by atoms with Gasteiger partial charge in [-0.25, -0.2) is 0 Å². The topological polar surface area (TPSA) is 37.3 Å². The number of fused-ring (bicyclic) bond motifs is 3. The number of carbonyl (C=O) groups is 1. The summed E-state index contributed by atoms with van der Waals surface area (Å²) in [6.07, 6.45) is 7.72. The summed E-state index contributed by atoms with van der Waals surface area (Å²) in [6.45, 7) is 9.03. The molecule has 194 valence electrons. The van der Waals surface area contributed by atoms with Crippen molar-refractivity contribution < 1.29 is 28.8 Å². The number of aliphatic carboxylic acids is 1. The molecule has 4 heteroatoms. The van der Waals surface area contributed by atoms with Crippen LogP contribution in [0.2, 0.25) is 13.1 Å². The van der Waals surface area contributed by atoms with Crippen LogP contribution in [0.1, 0.15) is 55.4 Å². The van der Waals surface area contributed by atoms with E-state index >= 15 is 0 Å². The van der Waals surface area contributed by atoms with Crippen LogP contribution in [0.5, 0.6) is 0 Å². The summed E-state index contributed by atoms with van der Waals surface area (Å²) in [4.78, 5) is 13.6. The maximum absolute atomic E-state index is 13.6. The quantitative estimate of drug-likeness (QED) is 0.272. The molecule has 0 amide bonds. The average Bonchev–Trinajstić information content (AvgIpc) is 3.64. The van der Waals surface area contributed by atoms with Crippen LogP contribution in [0.4, 0.5) is 0 Å². The molecule has 2 atom stereocenters. The van der Waals surface area contributed by atoms with Crippen molar-refractivity contribution >= 4 is 35.6 Å². The molecule has 0 aliphatic heterocycles. The summed E-state index contributed by atoms with van der Waals surface area (Å²) in [5.74, 6) is -0.379. The van der Waals surface area contributed by atoms with Crippen molar-refractivity contribution in [1.29, 1.82) is 0 Å². The number of allylic oxidation sites excluding steroid dienone is 1. The molecule has 0 saturated carbocycles. The van der Waals surface area contributed by atoms with Crippen LogP contribution in [0, 0.1) is 5.92 Å². The van der Waals surface area contributed by atoms with Gasteiger partial charge in [0.15, 0.2) is 0 Å². The SMILES string of the molecule is CCCC(C)C1=CC(C(=O)O)([Si](C)(C)[c-]2ccc3c(-c4ccccc4)c4c(cc32)CCC4)c2ccccc21.[Li+]. The second-order valence-electron chi connectivity index (χ2n) is 11.9. The zero-order valence-corrected chi connectivity index (χ0v) is 25.0. The van der Waals surface area contributed by atoms with Crippen LogP contribution in [0.25, 0.3) is 27.5 Å². The third kappa shape index (κ3) is 4.05. The predicted molar refractivity (Wildman–Crippen MR) is 162 cm³/mol. The van der Waals surface area contributed by atoms with Crippen LogP contribution in [-0.4, -0.2) is 19.1 Å². The van der Waals surface area contributed by atoms with Crippen molar-refractivity contribution in [2.24, 2.45) is 5.92 Å². The van der Waals surface area contributed by atoms with Gasteiger partial charge in [-0.2, -0.15) is 12.1 Å². The van der Waals surface area contributed by atoms with Gasteiger partial charge in [-0.05, 0) is 53.9 Å². The maximum Gasteiger partial charge on any atom is 1.00 e. The Kier molecular flexibility index (Phi) is 7.40. The van der Waals surface area contributed by atoms with E-state index in [0.29, 0.717) is 5.92 Å². The van der Waals surface area contributed by atoms with Gasteiger partial charge in [0.05, 0.1) is 13.1 Å². The van der Waals surface area contributed by atoms with Crippen LogP contribution in [-0.2, 0) is 22.7 Å². The summed E-state index contributed by atoms with van der Waals surface area (Å²) in [7, 11) is -2.67. The van der Waals surface area contributed by atoms with E-state index < -0.39 is 19.1 Å². The molecule has 2 nitrogen and oxygen atoms in total. The van der Waals surface area contributed by atoms with Crippen LogP contribution in [0.15, 0.2) is 78.9 Å². The number of hydrogen-bond donors (Lipinski definition) is 1. The van der Waals surface area contributed by atoms with Crippen molar-refractivity contribution in [3.05, 3.63) is 101 Å². The Hall–Kier alpha value is -2.71. The third-order valence-corrected chi connectivity index (χ3v) is 13.9. The standard InChI is InChI=1S/C35H37O2Si.Li/c1-5-12-23(2)30-22-35(34(36)37,31-18-10-9-16-27(30)31)38(3,4)32-20-19-28-29(32)21-25-15-11-17-26(25)33(28)24-13-7-6-8-14-24;/h6-10,13-14,16,18-23H,5,11-12,15,17H2,1-4H3,(H,36,37);/q-1;+1. The predicted octanol–water partition coefficient (Wildman–Crippen LogP) is 5.03. The van der Waals surface area contributed by atoms with E-state index in [0.717, 1.165) is 36.8 Å². The van der Waals surface area contributed by atoms with E-state index in [-0.39, 0.29) is 18.9 Å². The Morgan fingerprint density at radius 2 is 1.77 bits per heavy atom. The zero-order chi connectivity index (χ0) is 26.7. The first-order valence-electron chi connectivity index (χ1n) is 14.2. The molecule has 0 radical (unpaired) electrons. The molecule has 39 heavy (non-hydrogen) atoms. The first-order chi connectivity index (χ1) is 18.3. The first-order valence-corrected chi connectivity index (χ1v) is 17.2. The average molecular weight is 525 g/mol. The summed E-state index contributed by atoms with van der Waals surface area (Å²) >= 11 is 0. The van der Waals surface area contributed by atoms with E-state index in [4.69, 9.17) is 0 Å². The molecule has 2 aliphatic rings. The monoisotopic (exact) mass is 524 g/mol. The minimum atomic E-state index is -2.67. The molecule has 6 rings (SSSR count). The Balaban J connectivity index is 0.00000308. The van der Waals surface area contributed by atoms with Gasteiger partial charge in [0.1, 0.15) is 0 Å². The van der Waals surface area contributed by atoms with Gasteiger partial charge < -0.3 is 5.11 Å². The van der Waals surface area contributed by atoms with E-state index in [2.05, 4.69) is 99.7 Å². The fourth-order valence-electron chi connectivity index (χ4n) is 7.53. The molecule has 0 saturated heterocycles. The summed E-state index contributed by atoms with van der Waals surface area (Å²) in [6, 6.07) is 26.0. The molecule has 0 bridgehead atoms. The molecular formula is C35H37LiO2Si. The van der Waals surface area contributed by atoms with Crippen LogP contribution >= 0.6 is 0 Å². The van der Waals surface area contributed by atoms with E-state index in [9.17, 15) is 9.90 Å². The van der Waals surface area contributed by atoms with Crippen molar-refractivity contribution in [2.75, 3.05) is 0 Å². The van der Waals surface area contributed by atoms with Gasteiger partial charge in [0.2, 0.25) is 0 Å². The van der Waals surface area contributed by atoms with Crippen molar-refractivity contribution in [2.45, 2.75) is 64.1 Å². The number of benzene rings is 3. The van der Waals surface area contributed by atoms with Gasteiger partial charge in [-0.3, -0.25) is 4.79 Å². The van der Waals surface area contributed by atoms with Gasteiger partial charge in [0.25, 0.3) is 0 Å². The largest absolute Gasteiger partial charge is 1.00 e. The Bertz CT molecular complexity index is 1580. The molecule has 0 heterocycles. The summed E-state index contributed by atoms with van der Waals surface area (Å²) in [5.41, 5.74) is 8.89. The Labute approximate surface area is 245 Å². The molecular weight excluding hydrogens is 487 g/mol. The third-order valence-electron chi connectivity index (χ3n) is 9.49. The van der Waals surface area contributed by atoms with E-state index in [1.165, 1.54) is 50.2 Å². The molecule has 0 fully saturated rings. The summed E-state index contributed by atoms with van der Waals surface area (Å²) in [5, 5.41) is 13.9. The molecule has 0 spiro atoms. The van der Waals surface area contributed by atoms with Crippen LogP contribution < -0.4 is 24.0 Å². The Morgan fingerprint density at radius 1 is 1.05 bits per heavy atom. The van der Waals surface area contributed by atoms with E-state index in [1.54, 1.807) is 0 Å². The Morgan fingerprint density at radius 3 is 2.49 bits per heavy atom. The zero-order valence-electron chi connectivity index (χ0n) is 24.0. The summed E-state index contributed by atoms with van der Waals surface area (Å²) < 4.78 is 0. The number of hydrogen-bond acceptors (Lipinski definition) is 1. The molecule has 0 aromatic heterocycles. The number of carboxylic acids is 1. The van der Waals surface area contributed by atoms with Crippen molar-refractivity contribution in [3.63, 3.8) is 0 Å². The fourth-order valence-corrected chi connectivity index (χ4v) is 11.3. The minimum absolute atomic E-state index is 0. The van der Waals surface area contributed by atoms with E-state index in [1.807, 2.05) is 6.07 Å². The molecule has 4 aromatic rings. The molecule has 4 aromatic carbocycles. The number of rotatable bonds is 7. The fraction of sp³-hybridized carbons (Fsp3) is 0.314. The molecule has 2 aliphatic carbocycles. The molecule has 1 N–H and O–H groups in total. The number of aryl methyl sites for hydroxylation is 1. The minimum Gasteiger partial charge on any atom is -0.481 e. The first kappa shape index (κ1) is 27.8. The number of carboxylic acid groups (broad SMARTS) is 1. The van der Waals surface area contributed by atoms with Crippen molar-refractivity contribution in [3.8, 4) is 11.1 Å². The molecule has 2 unspecified atom stereocenters. The second-order valence-corrected chi connectivity index (χ2v) is 16.5. The normalized spacial score (nSPS) is 18.8. The van der Waals surface area contributed by atoms with Gasteiger partial charge in [0, 0.05) is 0 Å². The van der Waals surface area contributed by atoms with Crippen LogP contribution in [0.3, 0.4) is 0 Å².